The Balaban J connectivity index is 2.04. The summed E-state index contributed by atoms with van der Waals surface area (Å²) >= 11 is 0. The molecule has 0 spiro atoms. The van der Waals surface area contributed by atoms with Gasteiger partial charge in [-0.05, 0) is 18.2 Å². The van der Waals surface area contributed by atoms with Gasteiger partial charge >= 0.3 is 0 Å². The number of aromatic nitrogens is 4. The van der Waals surface area contributed by atoms with Crippen molar-refractivity contribution in [1.82, 2.24) is 19.6 Å². The maximum Gasteiger partial charge on any atom is 0.203 e. The lowest BCUT2D eigenvalue weighted by Crippen LogP contribution is -2.04. The van der Waals surface area contributed by atoms with E-state index in [-0.39, 0.29) is 0 Å². The fourth-order valence-electron chi connectivity index (χ4n) is 3.67. The van der Waals surface area contributed by atoms with Crippen LogP contribution in [-0.4, -0.2) is 55.1 Å². The first kappa shape index (κ1) is 20.5. The molecule has 0 saturated carbocycles. The van der Waals surface area contributed by atoms with Gasteiger partial charge in [0.15, 0.2) is 34.5 Å². The van der Waals surface area contributed by atoms with E-state index in [0.29, 0.717) is 46.6 Å². The minimum absolute atomic E-state index is 0.513. The fraction of sp³-hybridized carbons (Fsp3) is 0.318. The normalized spacial score (nSPS) is 11.0. The number of hydrogen-bond acceptors (Lipinski definition) is 8. The summed E-state index contributed by atoms with van der Waals surface area (Å²) in [5, 5.41) is 9.76. The van der Waals surface area contributed by atoms with Gasteiger partial charge in [0.1, 0.15) is 5.82 Å². The standard InChI is InChI=1S/C22H24N4O5/c1-7-19-23-14-11-16(28-3)15(27-2)10-13(14)22-25-24-21(26(19)22)12-8-17(29-4)20(31-6)18(9-12)30-5/h8-11H,7H2,1-6H3. The molecule has 9 nitrogen and oxygen atoms in total. The Labute approximate surface area is 179 Å². The third kappa shape index (κ3) is 3.22. The van der Waals surface area contributed by atoms with Crippen LogP contribution < -0.4 is 23.7 Å². The molecule has 0 N–H and O–H groups in total. The first-order valence-electron chi connectivity index (χ1n) is 9.70. The van der Waals surface area contributed by atoms with Crippen molar-refractivity contribution < 1.29 is 23.7 Å². The number of hydrogen-bond donors (Lipinski definition) is 0. The zero-order valence-electron chi connectivity index (χ0n) is 18.3. The number of benzene rings is 2. The quantitative estimate of drug-likeness (QED) is 0.445. The first-order chi connectivity index (χ1) is 15.1. The highest BCUT2D eigenvalue weighted by molar-refractivity contribution is 5.94. The van der Waals surface area contributed by atoms with Gasteiger partial charge in [-0.25, -0.2) is 4.98 Å². The van der Waals surface area contributed by atoms with Crippen molar-refractivity contribution in [3.63, 3.8) is 0 Å². The smallest absolute Gasteiger partial charge is 0.203 e. The highest BCUT2D eigenvalue weighted by Gasteiger charge is 2.21. The topological polar surface area (TPSA) is 89.2 Å². The number of rotatable bonds is 7. The Morgan fingerprint density at radius 2 is 1.35 bits per heavy atom. The SMILES string of the molecule is CCc1nc2cc(OC)c(OC)cc2c2nnc(-c3cc(OC)c(OC)c(OC)c3)n12. The van der Waals surface area contributed by atoms with Gasteiger partial charge in [-0.3, -0.25) is 4.40 Å². The summed E-state index contributed by atoms with van der Waals surface area (Å²) in [6.07, 6.45) is 0.677. The third-order valence-corrected chi connectivity index (χ3v) is 5.15. The second-order valence-corrected chi connectivity index (χ2v) is 6.70. The summed E-state index contributed by atoms with van der Waals surface area (Å²) in [4.78, 5) is 4.84. The number of aryl methyl sites for hydroxylation is 1. The molecule has 0 radical (unpaired) electrons. The van der Waals surface area contributed by atoms with Crippen molar-refractivity contribution in [2.75, 3.05) is 35.5 Å². The highest BCUT2D eigenvalue weighted by Crippen LogP contribution is 2.41. The van der Waals surface area contributed by atoms with Crippen molar-refractivity contribution >= 4 is 16.6 Å². The molecule has 0 aliphatic rings. The van der Waals surface area contributed by atoms with Crippen molar-refractivity contribution in [1.29, 1.82) is 0 Å². The Bertz CT molecular complexity index is 1240. The van der Waals surface area contributed by atoms with Gasteiger partial charge in [0.2, 0.25) is 5.75 Å². The molecule has 4 aromatic rings. The fourth-order valence-corrected chi connectivity index (χ4v) is 3.67. The van der Waals surface area contributed by atoms with Crippen LogP contribution in [0.4, 0.5) is 0 Å². The number of ether oxygens (including phenoxy) is 5. The summed E-state index contributed by atoms with van der Waals surface area (Å²) in [6.45, 7) is 2.04. The van der Waals surface area contributed by atoms with Crippen LogP contribution >= 0.6 is 0 Å². The number of fused-ring (bicyclic) bond motifs is 3. The molecule has 2 aromatic carbocycles. The Morgan fingerprint density at radius 1 is 0.742 bits per heavy atom. The summed E-state index contributed by atoms with van der Waals surface area (Å²) in [5.74, 6) is 4.22. The Morgan fingerprint density at radius 3 is 1.90 bits per heavy atom. The van der Waals surface area contributed by atoms with Gasteiger partial charge in [-0.15, -0.1) is 10.2 Å². The van der Waals surface area contributed by atoms with Gasteiger partial charge in [0.25, 0.3) is 0 Å². The molecule has 31 heavy (non-hydrogen) atoms. The highest BCUT2D eigenvalue weighted by atomic mass is 16.5. The van der Waals surface area contributed by atoms with Crippen LogP contribution in [0.3, 0.4) is 0 Å². The predicted molar refractivity (Wildman–Crippen MR) is 116 cm³/mol. The third-order valence-electron chi connectivity index (χ3n) is 5.15. The van der Waals surface area contributed by atoms with Gasteiger partial charge in [-0.1, -0.05) is 6.92 Å². The van der Waals surface area contributed by atoms with E-state index >= 15 is 0 Å². The Kier molecular flexibility index (Phi) is 5.41. The summed E-state index contributed by atoms with van der Waals surface area (Å²) in [7, 11) is 7.92. The number of methoxy groups -OCH3 is 5. The maximum absolute atomic E-state index is 5.50. The van der Waals surface area contributed by atoms with Crippen LogP contribution in [0.5, 0.6) is 28.7 Å². The zero-order chi connectivity index (χ0) is 22.1. The van der Waals surface area contributed by atoms with Crippen LogP contribution in [0, 0.1) is 0 Å². The molecule has 0 unspecified atom stereocenters. The van der Waals surface area contributed by atoms with Crippen LogP contribution in [0.1, 0.15) is 12.7 Å². The molecule has 0 bridgehead atoms. The van der Waals surface area contributed by atoms with Crippen molar-refractivity contribution in [3.8, 4) is 40.1 Å². The van der Waals surface area contributed by atoms with E-state index in [1.807, 2.05) is 35.6 Å². The zero-order valence-corrected chi connectivity index (χ0v) is 18.3. The molecule has 0 atom stereocenters. The van der Waals surface area contributed by atoms with Gasteiger partial charge < -0.3 is 23.7 Å². The van der Waals surface area contributed by atoms with Crippen molar-refractivity contribution in [3.05, 3.63) is 30.1 Å². The van der Waals surface area contributed by atoms with E-state index in [0.717, 1.165) is 22.3 Å². The van der Waals surface area contributed by atoms with Crippen LogP contribution in [0.15, 0.2) is 24.3 Å². The molecule has 0 amide bonds. The lowest BCUT2D eigenvalue weighted by atomic mass is 10.1. The number of nitrogens with zero attached hydrogens (tertiary/aromatic N) is 4. The van der Waals surface area contributed by atoms with Crippen molar-refractivity contribution in [2.24, 2.45) is 0 Å². The van der Waals surface area contributed by atoms with Crippen LogP contribution in [0.25, 0.3) is 27.9 Å². The molecule has 9 heteroatoms. The summed E-state index contributed by atoms with van der Waals surface area (Å²) < 4.78 is 29.3. The average molecular weight is 424 g/mol. The van der Waals surface area contributed by atoms with Gasteiger partial charge in [0.05, 0.1) is 41.1 Å². The van der Waals surface area contributed by atoms with Crippen LogP contribution in [-0.2, 0) is 6.42 Å². The molecular weight excluding hydrogens is 400 g/mol. The molecule has 0 aliphatic heterocycles. The molecule has 2 aromatic heterocycles. The predicted octanol–water partition coefficient (Wildman–Crippen LogP) is 3.55. The van der Waals surface area contributed by atoms with E-state index in [4.69, 9.17) is 28.7 Å². The minimum Gasteiger partial charge on any atom is -0.493 e. The van der Waals surface area contributed by atoms with Gasteiger partial charge in [-0.2, -0.15) is 0 Å². The lowest BCUT2D eigenvalue weighted by Gasteiger charge is -2.14. The van der Waals surface area contributed by atoms with E-state index in [9.17, 15) is 0 Å². The van der Waals surface area contributed by atoms with Crippen LogP contribution in [0.2, 0.25) is 0 Å². The molecule has 162 valence electrons. The first-order valence-corrected chi connectivity index (χ1v) is 9.70. The molecule has 0 fully saturated rings. The average Bonchev–Trinajstić information content (AvgIpc) is 3.27. The van der Waals surface area contributed by atoms with E-state index < -0.39 is 0 Å². The molecule has 2 heterocycles. The van der Waals surface area contributed by atoms with E-state index in [2.05, 4.69) is 10.2 Å². The second-order valence-electron chi connectivity index (χ2n) is 6.70. The van der Waals surface area contributed by atoms with Crippen molar-refractivity contribution in [2.45, 2.75) is 13.3 Å². The largest absolute Gasteiger partial charge is 0.493 e. The van der Waals surface area contributed by atoms with E-state index in [1.54, 1.807) is 35.5 Å². The molecule has 0 saturated heterocycles. The summed E-state index contributed by atoms with van der Waals surface area (Å²) in [6, 6.07) is 7.40. The maximum atomic E-state index is 5.50. The second kappa shape index (κ2) is 8.17. The summed E-state index contributed by atoms with van der Waals surface area (Å²) in [5.41, 5.74) is 2.19. The molecule has 0 aliphatic carbocycles. The lowest BCUT2D eigenvalue weighted by molar-refractivity contribution is 0.324. The van der Waals surface area contributed by atoms with Gasteiger partial charge in [0, 0.05) is 23.4 Å². The molecule has 4 rings (SSSR count). The molecular formula is C22H24N4O5. The minimum atomic E-state index is 0.513. The Hall–Kier alpha value is -3.75. The van der Waals surface area contributed by atoms with E-state index in [1.165, 1.54) is 0 Å². The monoisotopic (exact) mass is 424 g/mol.